The number of piperidine rings is 1. The van der Waals surface area contributed by atoms with Gasteiger partial charge in [0.15, 0.2) is 0 Å². The molecule has 156 valence electrons. The number of carbonyl (C=O) groups excluding carboxylic acids is 1. The molecule has 5 rings (SSSR count). The Bertz CT molecular complexity index is 1140. The number of imidazole rings is 1. The van der Waals surface area contributed by atoms with Crippen LogP contribution in [0.3, 0.4) is 0 Å². The van der Waals surface area contributed by atoms with Crippen LogP contribution in [0.1, 0.15) is 18.5 Å². The summed E-state index contributed by atoms with van der Waals surface area (Å²) in [6.07, 6.45) is 3.76. The molecule has 0 bridgehead atoms. The van der Waals surface area contributed by atoms with Gasteiger partial charge in [-0.2, -0.15) is 0 Å². The topological polar surface area (TPSA) is 73.9 Å². The number of para-hydroxylation sites is 2. The van der Waals surface area contributed by atoms with E-state index in [0.29, 0.717) is 0 Å². The Kier molecular flexibility index (Phi) is 5.46. The number of hydrogen-bond acceptors (Lipinski definition) is 4. The molecule has 4 aromatic rings. The van der Waals surface area contributed by atoms with Crippen molar-refractivity contribution in [1.82, 2.24) is 19.9 Å². The first-order valence-electron chi connectivity index (χ1n) is 10.7. The van der Waals surface area contributed by atoms with Gasteiger partial charge in [-0.05, 0) is 67.9 Å². The van der Waals surface area contributed by atoms with Crippen LogP contribution in [0, 0.1) is 5.92 Å². The molecule has 0 saturated carbocycles. The Morgan fingerprint density at radius 1 is 1.06 bits per heavy atom. The lowest BCUT2D eigenvalue weighted by Gasteiger charge is -2.31. The van der Waals surface area contributed by atoms with E-state index in [2.05, 4.69) is 25.2 Å². The maximum absolute atomic E-state index is 12.9. The average molecular weight is 412 g/mol. The van der Waals surface area contributed by atoms with E-state index < -0.39 is 0 Å². The van der Waals surface area contributed by atoms with Crippen molar-refractivity contribution in [2.24, 2.45) is 5.92 Å². The zero-order valence-electron chi connectivity index (χ0n) is 17.3. The molecule has 6 heteroatoms. The summed E-state index contributed by atoms with van der Waals surface area (Å²) < 4.78 is 0. The smallest absolute Gasteiger partial charge is 0.228 e. The highest BCUT2D eigenvalue weighted by Crippen LogP contribution is 2.24. The number of benzene rings is 2. The first kappa shape index (κ1) is 19.5. The number of anilines is 1. The Labute approximate surface area is 181 Å². The van der Waals surface area contributed by atoms with Gasteiger partial charge in [0, 0.05) is 30.5 Å². The summed E-state index contributed by atoms with van der Waals surface area (Å²) in [6.45, 7) is 2.56. The predicted octanol–water partition coefficient (Wildman–Crippen LogP) is 4.48. The summed E-state index contributed by atoms with van der Waals surface area (Å²) in [6, 6.07) is 21.8. The quantitative estimate of drug-likeness (QED) is 0.508. The number of likely N-dealkylation sites (tertiary alicyclic amines) is 1. The molecule has 2 aromatic heterocycles. The van der Waals surface area contributed by atoms with Crippen molar-refractivity contribution < 1.29 is 4.79 Å². The fourth-order valence-electron chi connectivity index (χ4n) is 4.18. The second-order valence-electron chi connectivity index (χ2n) is 8.06. The highest BCUT2D eigenvalue weighted by atomic mass is 16.1. The molecular weight excluding hydrogens is 386 g/mol. The van der Waals surface area contributed by atoms with Gasteiger partial charge < -0.3 is 10.3 Å². The van der Waals surface area contributed by atoms with Crippen LogP contribution in [-0.4, -0.2) is 38.8 Å². The molecule has 1 unspecified atom stereocenters. The van der Waals surface area contributed by atoms with Crippen LogP contribution in [0.2, 0.25) is 0 Å². The lowest BCUT2D eigenvalue weighted by Crippen LogP contribution is -2.40. The molecule has 1 amide bonds. The van der Waals surface area contributed by atoms with E-state index in [9.17, 15) is 4.79 Å². The molecule has 31 heavy (non-hydrogen) atoms. The number of nitrogens with zero attached hydrogens (tertiary/aromatic N) is 3. The van der Waals surface area contributed by atoms with Crippen molar-refractivity contribution in [1.29, 1.82) is 0 Å². The SMILES string of the molecule is O=C(Nc1ccc(-c2nc3ccccc3[nH]2)cc1)C1CCCN(Cc2ccccn2)C1. The van der Waals surface area contributed by atoms with Gasteiger partial charge in [-0.1, -0.05) is 18.2 Å². The summed E-state index contributed by atoms with van der Waals surface area (Å²) >= 11 is 0. The number of pyridine rings is 1. The van der Waals surface area contributed by atoms with Crippen LogP contribution in [0.4, 0.5) is 5.69 Å². The zero-order chi connectivity index (χ0) is 21.0. The standard InChI is InChI=1S/C25H25N5O/c31-25(19-6-5-15-30(16-19)17-21-7-3-4-14-26-21)27-20-12-10-18(11-13-20)24-28-22-8-1-2-9-23(22)29-24/h1-4,7-14,19H,5-6,15-17H2,(H,27,31)(H,28,29). The number of rotatable bonds is 5. The highest BCUT2D eigenvalue weighted by Gasteiger charge is 2.26. The number of nitrogens with one attached hydrogen (secondary N) is 2. The van der Waals surface area contributed by atoms with Crippen LogP contribution in [-0.2, 0) is 11.3 Å². The van der Waals surface area contributed by atoms with Crippen LogP contribution in [0.25, 0.3) is 22.4 Å². The van der Waals surface area contributed by atoms with E-state index in [1.807, 2.05) is 72.9 Å². The van der Waals surface area contributed by atoms with E-state index in [1.165, 1.54) is 0 Å². The summed E-state index contributed by atoms with van der Waals surface area (Å²) in [5, 5.41) is 3.09. The van der Waals surface area contributed by atoms with Crippen LogP contribution >= 0.6 is 0 Å². The van der Waals surface area contributed by atoms with Gasteiger partial charge in [0.2, 0.25) is 5.91 Å². The molecule has 1 aliphatic heterocycles. The number of aromatic nitrogens is 3. The van der Waals surface area contributed by atoms with E-state index >= 15 is 0 Å². The number of fused-ring (bicyclic) bond motifs is 1. The third-order valence-corrected chi connectivity index (χ3v) is 5.80. The van der Waals surface area contributed by atoms with Gasteiger partial charge in [-0.25, -0.2) is 4.98 Å². The maximum Gasteiger partial charge on any atom is 0.228 e. The number of amides is 1. The average Bonchev–Trinajstić information content (AvgIpc) is 3.25. The van der Waals surface area contributed by atoms with E-state index in [4.69, 9.17) is 0 Å². The zero-order valence-corrected chi connectivity index (χ0v) is 17.3. The lowest BCUT2D eigenvalue weighted by atomic mass is 9.97. The minimum absolute atomic E-state index is 0.00693. The van der Waals surface area contributed by atoms with Crippen molar-refractivity contribution in [2.75, 3.05) is 18.4 Å². The number of H-pyrrole nitrogens is 1. The molecular formula is C25H25N5O. The molecule has 1 saturated heterocycles. The number of hydrogen-bond donors (Lipinski definition) is 2. The second-order valence-corrected chi connectivity index (χ2v) is 8.06. The van der Waals surface area contributed by atoms with Gasteiger partial charge in [-0.15, -0.1) is 0 Å². The number of carbonyl (C=O) groups is 1. The van der Waals surface area contributed by atoms with Gasteiger partial charge in [-0.3, -0.25) is 14.7 Å². The summed E-state index contributed by atoms with van der Waals surface area (Å²) in [5.41, 5.74) is 4.81. The summed E-state index contributed by atoms with van der Waals surface area (Å²) in [7, 11) is 0. The maximum atomic E-state index is 12.9. The molecule has 2 N–H and O–H groups in total. The Morgan fingerprint density at radius 2 is 1.90 bits per heavy atom. The van der Waals surface area contributed by atoms with Gasteiger partial charge in [0.1, 0.15) is 5.82 Å². The van der Waals surface area contributed by atoms with Gasteiger partial charge in [0.05, 0.1) is 22.6 Å². The van der Waals surface area contributed by atoms with Crippen molar-refractivity contribution in [3.8, 4) is 11.4 Å². The fraction of sp³-hybridized carbons (Fsp3) is 0.240. The molecule has 2 aromatic carbocycles. The Hall–Kier alpha value is -3.51. The van der Waals surface area contributed by atoms with Crippen LogP contribution in [0.15, 0.2) is 72.9 Å². The van der Waals surface area contributed by atoms with Crippen molar-refractivity contribution in [3.05, 3.63) is 78.6 Å². The predicted molar refractivity (Wildman–Crippen MR) is 122 cm³/mol. The van der Waals surface area contributed by atoms with Crippen molar-refractivity contribution in [2.45, 2.75) is 19.4 Å². The summed E-state index contributed by atoms with van der Waals surface area (Å²) in [4.78, 5) is 27.6. The molecule has 1 atom stereocenters. The summed E-state index contributed by atoms with van der Waals surface area (Å²) in [5.74, 6) is 0.909. The molecule has 6 nitrogen and oxygen atoms in total. The molecule has 1 aliphatic rings. The molecule has 0 spiro atoms. The molecule has 0 aliphatic carbocycles. The number of aromatic amines is 1. The van der Waals surface area contributed by atoms with Crippen LogP contribution in [0.5, 0.6) is 0 Å². The minimum Gasteiger partial charge on any atom is -0.338 e. The van der Waals surface area contributed by atoms with Crippen molar-refractivity contribution >= 4 is 22.6 Å². The minimum atomic E-state index is -0.00693. The first-order chi connectivity index (χ1) is 15.2. The third-order valence-electron chi connectivity index (χ3n) is 5.80. The van der Waals surface area contributed by atoms with E-state index in [1.54, 1.807) is 0 Å². The van der Waals surface area contributed by atoms with E-state index in [-0.39, 0.29) is 11.8 Å². The Morgan fingerprint density at radius 3 is 2.71 bits per heavy atom. The Balaban J connectivity index is 1.21. The highest BCUT2D eigenvalue weighted by molar-refractivity contribution is 5.93. The lowest BCUT2D eigenvalue weighted by molar-refractivity contribution is -0.121. The largest absolute Gasteiger partial charge is 0.338 e. The van der Waals surface area contributed by atoms with Crippen molar-refractivity contribution in [3.63, 3.8) is 0 Å². The van der Waals surface area contributed by atoms with E-state index in [0.717, 1.165) is 66.3 Å². The second kappa shape index (κ2) is 8.70. The monoisotopic (exact) mass is 411 g/mol. The first-order valence-corrected chi connectivity index (χ1v) is 10.7. The molecule has 1 fully saturated rings. The normalized spacial score (nSPS) is 17.0. The van der Waals surface area contributed by atoms with Gasteiger partial charge >= 0.3 is 0 Å². The van der Waals surface area contributed by atoms with Gasteiger partial charge in [0.25, 0.3) is 0 Å². The molecule has 0 radical (unpaired) electrons. The van der Waals surface area contributed by atoms with Crippen LogP contribution < -0.4 is 5.32 Å². The fourth-order valence-corrected chi connectivity index (χ4v) is 4.18. The third kappa shape index (κ3) is 4.49. The molecule has 3 heterocycles.